The second-order valence-corrected chi connectivity index (χ2v) is 3.08. The van der Waals surface area contributed by atoms with Crippen LogP contribution in [0.25, 0.3) is 0 Å². The van der Waals surface area contributed by atoms with Crippen LogP contribution in [0.3, 0.4) is 0 Å². The fourth-order valence-electron chi connectivity index (χ4n) is 1.23. The van der Waals surface area contributed by atoms with Crippen molar-refractivity contribution in [1.29, 1.82) is 5.41 Å². The minimum atomic E-state index is 0.368. The van der Waals surface area contributed by atoms with Crippen molar-refractivity contribution < 1.29 is 0 Å². The van der Waals surface area contributed by atoms with E-state index in [1.54, 1.807) is 0 Å². The van der Waals surface area contributed by atoms with Gasteiger partial charge in [-0.2, -0.15) is 0 Å². The lowest BCUT2D eigenvalue weighted by molar-refractivity contribution is 0.782. The molecule has 0 amide bonds. The predicted molar refractivity (Wildman–Crippen MR) is 49.7 cm³/mol. The number of nitrogens with one attached hydrogen (secondary N) is 1. The summed E-state index contributed by atoms with van der Waals surface area (Å²) >= 11 is 0. The highest BCUT2D eigenvalue weighted by molar-refractivity contribution is 5.98. The van der Waals surface area contributed by atoms with Crippen molar-refractivity contribution in [3.63, 3.8) is 0 Å². The maximum absolute atomic E-state index is 7.62. The molecule has 0 bridgehead atoms. The zero-order valence-corrected chi connectivity index (χ0v) is 7.86. The Morgan fingerprint density at radius 2 is 1.91 bits per heavy atom. The summed E-state index contributed by atoms with van der Waals surface area (Å²) in [5.41, 5.74) is 8.11. The van der Waals surface area contributed by atoms with Gasteiger partial charge in [-0.1, -0.05) is 20.8 Å². The Hall–Kier alpha value is -0.790. The molecule has 0 aromatic rings. The molecule has 2 nitrogen and oxygen atoms in total. The van der Waals surface area contributed by atoms with Crippen LogP contribution in [0.5, 0.6) is 0 Å². The van der Waals surface area contributed by atoms with Gasteiger partial charge >= 0.3 is 0 Å². The third kappa shape index (κ3) is 2.74. The normalized spacial score (nSPS) is 13.2. The first-order chi connectivity index (χ1) is 5.00. The first kappa shape index (κ1) is 10.2. The first-order valence-corrected chi connectivity index (χ1v) is 4.04. The molecule has 11 heavy (non-hydrogen) atoms. The molecule has 64 valence electrons. The number of hydrogen-bond donors (Lipinski definition) is 2. The molecular weight excluding hydrogens is 136 g/mol. The van der Waals surface area contributed by atoms with Crippen LogP contribution in [0, 0.1) is 11.3 Å². The van der Waals surface area contributed by atoms with Gasteiger partial charge in [0.25, 0.3) is 0 Å². The topological polar surface area (TPSA) is 49.9 Å². The van der Waals surface area contributed by atoms with Gasteiger partial charge in [0, 0.05) is 11.4 Å². The van der Waals surface area contributed by atoms with Crippen LogP contribution in [0.1, 0.15) is 34.1 Å². The van der Waals surface area contributed by atoms with Gasteiger partial charge in [-0.3, -0.25) is 0 Å². The van der Waals surface area contributed by atoms with E-state index in [0.717, 1.165) is 17.7 Å². The molecule has 0 unspecified atom stereocenters. The van der Waals surface area contributed by atoms with Gasteiger partial charge in [0.1, 0.15) is 0 Å². The number of allylic oxidation sites excluding steroid dienone is 2. The van der Waals surface area contributed by atoms with Gasteiger partial charge in [-0.05, 0) is 24.8 Å². The van der Waals surface area contributed by atoms with Crippen molar-refractivity contribution in [2.45, 2.75) is 34.1 Å². The Bertz CT molecular complexity index is 174. The fourth-order valence-corrected chi connectivity index (χ4v) is 1.23. The summed E-state index contributed by atoms with van der Waals surface area (Å²) in [6.45, 7) is 7.97. The lowest BCUT2D eigenvalue weighted by Crippen LogP contribution is -2.12. The third-order valence-electron chi connectivity index (χ3n) is 1.68. The molecule has 0 aromatic carbocycles. The van der Waals surface area contributed by atoms with Gasteiger partial charge in [-0.15, -0.1) is 0 Å². The van der Waals surface area contributed by atoms with E-state index < -0.39 is 0 Å². The molecule has 0 aromatic heterocycles. The quantitative estimate of drug-likeness (QED) is 0.602. The Morgan fingerprint density at radius 1 is 1.45 bits per heavy atom. The molecule has 2 heteroatoms. The van der Waals surface area contributed by atoms with Crippen molar-refractivity contribution in [1.82, 2.24) is 0 Å². The summed E-state index contributed by atoms with van der Waals surface area (Å²) in [7, 11) is 0. The minimum Gasteiger partial charge on any atom is -0.402 e. The molecule has 0 aliphatic heterocycles. The Morgan fingerprint density at radius 3 is 2.00 bits per heavy atom. The SMILES string of the molecule is CCC(=N)/C(=C(/C)N)C(C)C. The van der Waals surface area contributed by atoms with Crippen molar-refractivity contribution in [2.24, 2.45) is 11.7 Å². The highest BCUT2D eigenvalue weighted by atomic mass is 14.6. The summed E-state index contributed by atoms with van der Waals surface area (Å²) in [6.07, 6.45) is 0.766. The maximum atomic E-state index is 7.62. The van der Waals surface area contributed by atoms with Gasteiger partial charge in [0.2, 0.25) is 0 Å². The number of rotatable bonds is 3. The molecule has 0 aliphatic carbocycles. The van der Waals surface area contributed by atoms with E-state index in [-0.39, 0.29) is 0 Å². The highest BCUT2D eigenvalue weighted by Crippen LogP contribution is 2.14. The third-order valence-corrected chi connectivity index (χ3v) is 1.68. The minimum absolute atomic E-state index is 0.368. The van der Waals surface area contributed by atoms with Crippen molar-refractivity contribution in [3.05, 3.63) is 11.3 Å². The van der Waals surface area contributed by atoms with Crippen LogP contribution in [-0.2, 0) is 0 Å². The maximum Gasteiger partial charge on any atom is 0.0362 e. The van der Waals surface area contributed by atoms with E-state index in [1.165, 1.54) is 0 Å². The zero-order chi connectivity index (χ0) is 9.02. The van der Waals surface area contributed by atoms with Crippen LogP contribution >= 0.6 is 0 Å². The Labute approximate surface area is 69.0 Å². The van der Waals surface area contributed by atoms with Crippen LogP contribution < -0.4 is 5.73 Å². The average Bonchev–Trinajstić information content (AvgIpc) is 1.85. The van der Waals surface area contributed by atoms with Gasteiger partial charge in [0.15, 0.2) is 0 Å². The highest BCUT2D eigenvalue weighted by Gasteiger charge is 2.09. The lowest BCUT2D eigenvalue weighted by Gasteiger charge is -2.13. The first-order valence-electron chi connectivity index (χ1n) is 4.04. The second-order valence-electron chi connectivity index (χ2n) is 3.08. The van der Waals surface area contributed by atoms with Crippen molar-refractivity contribution >= 4 is 5.71 Å². The van der Waals surface area contributed by atoms with E-state index in [2.05, 4.69) is 13.8 Å². The second kappa shape index (κ2) is 4.16. The van der Waals surface area contributed by atoms with E-state index in [9.17, 15) is 0 Å². The molecular formula is C9H18N2. The van der Waals surface area contributed by atoms with E-state index in [0.29, 0.717) is 11.6 Å². The molecule has 0 spiro atoms. The zero-order valence-electron chi connectivity index (χ0n) is 7.86. The van der Waals surface area contributed by atoms with Gasteiger partial charge in [-0.25, -0.2) is 0 Å². The van der Waals surface area contributed by atoms with E-state index in [4.69, 9.17) is 11.1 Å². The average molecular weight is 154 g/mol. The Kier molecular flexibility index (Phi) is 3.86. The van der Waals surface area contributed by atoms with Gasteiger partial charge in [0.05, 0.1) is 0 Å². The molecule has 3 N–H and O–H groups in total. The summed E-state index contributed by atoms with van der Waals surface area (Å²) in [5.74, 6) is 0.368. The monoisotopic (exact) mass is 154 g/mol. The lowest BCUT2D eigenvalue weighted by atomic mass is 9.95. The van der Waals surface area contributed by atoms with Crippen molar-refractivity contribution in [3.8, 4) is 0 Å². The van der Waals surface area contributed by atoms with Crippen molar-refractivity contribution in [2.75, 3.05) is 0 Å². The molecule has 0 aliphatic rings. The molecule has 0 rings (SSSR count). The molecule has 0 fully saturated rings. The van der Waals surface area contributed by atoms with Gasteiger partial charge < -0.3 is 11.1 Å². The summed E-state index contributed by atoms with van der Waals surface area (Å²) in [6, 6.07) is 0. The number of hydrogen-bond acceptors (Lipinski definition) is 2. The van der Waals surface area contributed by atoms with Crippen LogP contribution in [0.2, 0.25) is 0 Å². The molecule has 0 heterocycles. The molecule has 0 saturated heterocycles. The molecule has 0 saturated carbocycles. The molecule has 0 radical (unpaired) electrons. The fraction of sp³-hybridized carbons (Fsp3) is 0.667. The largest absolute Gasteiger partial charge is 0.402 e. The van der Waals surface area contributed by atoms with Crippen LogP contribution in [-0.4, -0.2) is 5.71 Å². The predicted octanol–water partition coefficient (Wildman–Crippen LogP) is 2.30. The van der Waals surface area contributed by atoms with E-state index in [1.807, 2.05) is 13.8 Å². The summed E-state index contributed by atoms with van der Waals surface area (Å²) in [4.78, 5) is 0. The van der Waals surface area contributed by atoms with Crippen LogP contribution in [0.4, 0.5) is 0 Å². The summed E-state index contributed by atoms with van der Waals surface area (Å²) < 4.78 is 0. The smallest absolute Gasteiger partial charge is 0.0362 e. The molecule has 0 atom stereocenters. The Balaban J connectivity index is 4.64. The number of nitrogens with two attached hydrogens (primary N) is 1. The van der Waals surface area contributed by atoms with Crippen LogP contribution in [0.15, 0.2) is 11.3 Å². The summed E-state index contributed by atoms with van der Waals surface area (Å²) in [5, 5.41) is 7.62. The van der Waals surface area contributed by atoms with E-state index >= 15 is 0 Å². The standard InChI is InChI=1S/C9H18N2/c1-5-8(11)9(6(2)3)7(4)10/h6,11H,5,10H2,1-4H3/b9-7-,11-8?.